The van der Waals surface area contributed by atoms with E-state index in [0.29, 0.717) is 43.0 Å². The molecule has 0 radical (unpaired) electrons. The highest BCUT2D eigenvalue weighted by atomic mass is 35.7. The van der Waals surface area contributed by atoms with Gasteiger partial charge < -0.3 is 14.5 Å². The highest BCUT2D eigenvalue weighted by Crippen LogP contribution is 2.52. The summed E-state index contributed by atoms with van der Waals surface area (Å²) in [7, 11) is 0.766. The molecule has 0 aliphatic carbocycles. The van der Waals surface area contributed by atoms with Crippen LogP contribution in [0.4, 0.5) is 22.7 Å². The molecule has 54 heavy (non-hydrogen) atoms. The van der Waals surface area contributed by atoms with Crippen molar-refractivity contribution in [2.45, 2.75) is 33.4 Å². The van der Waals surface area contributed by atoms with Gasteiger partial charge in [-0.2, -0.15) is 0 Å². The van der Waals surface area contributed by atoms with Gasteiger partial charge in [0.2, 0.25) is 20.0 Å². The maximum atomic E-state index is 12.9. The van der Waals surface area contributed by atoms with Crippen LogP contribution in [0.3, 0.4) is 0 Å². The number of nitrogens with zero attached hydrogens (tertiary/aromatic N) is 4. The van der Waals surface area contributed by atoms with E-state index < -0.39 is 35.0 Å². The number of hydrogen-bond donors (Lipinski definition) is 0. The molecule has 0 aromatic heterocycles. The standard InChI is InChI=1S/C39H37ClN4O7S3/c1-41(2)53(47,48)29-11-15-34-25(21-29)17-19-43(34)27-9-13-31-36(23-27)51-37-24-28(10-14-32(37)39(31)33-7-5-6-8-38(33)52(40,45)46)44-20-18-26-22-30(12-16-35(26)44)54(49,50)42(3)4/h5-16,21-24,39H,17-20H2,1-4H3. The summed E-state index contributed by atoms with van der Waals surface area (Å²) in [6.07, 6.45) is 1.30. The van der Waals surface area contributed by atoms with E-state index in [0.717, 1.165) is 45.0 Å². The van der Waals surface area contributed by atoms with Crippen molar-refractivity contribution in [3.63, 3.8) is 0 Å². The minimum atomic E-state index is -4.11. The lowest BCUT2D eigenvalue weighted by molar-refractivity contribution is 0.452. The van der Waals surface area contributed by atoms with E-state index in [-0.39, 0.29) is 14.7 Å². The topological polar surface area (TPSA) is 125 Å². The van der Waals surface area contributed by atoms with Crippen LogP contribution in [0.1, 0.15) is 33.7 Å². The zero-order chi connectivity index (χ0) is 38.3. The Morgan fingerprint density at radius 3 is 1.50 bits per heavy atom. The average molecular weight is 805 g/mol. The van der Waals surface area contributed by atoms with Crippen molar-refractivity contribution in [2.75, 3.05) is 51.1 Å². The molecule has 11 nitrogen and oxygen atoms in total. The predicted molar refractivity (Wildman–Crippen MR) is 209 cm³/mol. The van der Waals surface area contributed by atoms with Gasteiger partial charge >= 0.3 is 0 Å². The molecule has 0 bridgehead atoms. The minimum Gasteiger partial charge on any atom is -0.457 e. The van der Waals surface area contributed by atoms with Gasteiger partial charge in [0.15, 0.2) is 0 Å². The number of anilines is 4. The van der Waals surface area contributed by atoms with Gasteiger partial charge in [-0.1, -0.05) is 30.3 Å². The molecule has 3 heterocycles. The zero-order valence-corrected chi connectivity index (χ0v) is 33.1. The maximum Gasteiger partial charge on any atom is 0.261 e. The molecule has 15 heteroatoms. The van der Waals surface area contributed by atoms with Crippen LogP contribution in [0.15, 0.2) is 112 Å². The molecular formula is C39H37ClN4O7S3. The Bertz CT molecular complexity index is 2560. The van der Waals surface area contributed by atoms with Crippen molar-refractivity contribution in [1.82, 2.24) is 8.61 Å². The molecule has 5 aromatic carbocycles. The quantitative estimate of drug-likeness (QED) is 0.153. The highest BCUT2D eigenvalue weighted by Gasteiger charge is 2.35. The summed E-state index contributed by atoms with van der Waals surface area (Å²) in [6.45, 7) is 1.26. The maximum absolute atomic E-state index is 12.9. The van der Waals surface area contributed by atoms with E-state index in [9.17, 15) is 25.3 Å². The number of hydrogen-bond acceptors (Lipinski definition) is 9. The third-order valence-electron chi connectivity index (χ3n) is 10.4. The summed E-state index contributed by atoms with van der Waals surface area (Å²) in [5.74, 6) is 0.556. The third-order valence-corrected chi connectivity index (χ3v) is 15.4. The van der Waals surface area contributed by atoms with Gasteiger partial charge in [0, 0.05) is 104 Å². The number of halogens is 1. The molecule has 0 N–H and O–H groups in total. The SMILES string of the molecule is CN(C)S(=O)(=O)c1ccc2c(c1)CCN2c1ccc2c(c1)Oc1cc(N3CCc4cc(S(=O)(=O)N(C)C)ccc43)ccc1C2c1ccccc1S(=O)(=O)Cl. The highest BCUT2D eigenvalue weighted by molar-refractivity contribution is 8.13. The molecule has 5 aromatic rings. The fourth-order valence-electron chi connectivity index (χ4n) is 7.63. The van der Waals surface area contributed by atoms with Crippen LogP contribution >= 0.6 is 10.7 Å². The smallest absolute Gasteiger partial charge is 0.261 e. The number of benzene rings is 5. The molecule has 0 saturated carbocycles. The monoisotopic (exact) mass is 804 g/mol. The van der Waals surface area contributed by atoms with Crippen LogP contribution in [0.5, 0.6) is 11.5 Å². The fourth-order valence-corrected chi connectivity index (χ4v) is 10.7. The summed E-state index contributed by atoms with van der Waals surface area (Å²) in [6, 6.07) is 28.8. The minimum absolute atomic E-state index is 0.0116. The summed E-state index contributed by atoms with van der Waals surface area (Å²) >= 11 is 0. The molecule has 0 spiro atoms. The normalized spacial score (nSPS) is 15.6. The molecule has 0 atom stereocenters. The Morgan fingerprint density at radius 1 is 0.593 bits per heavy atom. The van der Waals surface area contributed by atoms with Gasteiger partial charge in [-0.05, 0) is 84.1 Å². The summed E-state index contributed by atoms with van der Waals surface area (Å²) in [5, 5.41) is 0. The first kappa shape index (κ1) is 36.5. The van der Waals surface area contributed by atoms with Gasteiger partial charge in [0.1, 0.15) is 11.5 Å². The van der Waals surface area contributed by atoms with Crippen LogP contribution in [-0.4, -0.2) is 75.1 Å². The van der Waals surface area contributed by atoms with Crippen molar-refractivity contribution in [3.8, 4) is 11.5 Å². The van der Waals surface area contributed by atoms with E-state index in [1.54, 1.807) is 42.5 Å². The van der Waals surface area contributed by atoms with Crippen molar-refractivity contribution < 1.29 is 30.0 Å². The fraction of sp³-hybridized carbons (Fsp3) is 0.231. The van der Waals surface area contributed by atoms with Gasteiger partial charge in [-0.3, -0.25) is 0 Å². The van der Waals surface area contributed by atoms with Gasteiger partial charge in [-0.25, -0.2) is 33.9 Å². The van der Waals surface area contributed by atoms with Crippen LogP contribution < -0.4 is 14.5 Å². The van der Waals surface area contributed by atoms with Crippen molar-refractivity contribution in [1.29, 1.82) is 0 Å². The lowest BCUT2D eigenvalue weighted by atomic mass is 9.82. The number of fused-ring (bicyclic) bond motifs is 4. The van der Waals surface area contributed by atoms with Crippen molar-refractivity contribution >= 4 is 62.5 Å². The van der Waals surface area contributed by atoms with Gasteiger partial charge in [0.05, 0.1) is 14.7 Å². The average Bonchev–Trinajstić information content (AvgIpc) is 3.77. The van der Waals surface area contributed by atoms with Crippen LogP contribution in [-0.2, 0) is 41.9 Å². The molecule has 3 aliphatic rings. The van der Waals surface area contributed by atoms with E-state index in [4.69, 9.17) is 15.4 Å². The van der Waals surface area contributed by atoms with E-state index >= 15 is 0 Å². The molecule has 280 valence electrons. The lowest BCUT2D eigenvalue weighted by Gasteiger charge is -2.32. The summed E-state index contributed by atoms with van der Waals surface area (Å²) in [4.78, 5) is 4.73. The zero-order valence-electron chi connectivity index (χ0n) is 29.9. The van der Waals surface area contributed by atoms with Gasteiger partial charge in [0.25, 0.3) is 9.05 Å². The molecule has 0 fully saturated rings. The Kier molecular flexibility index (Phi) is 8.86. The first-order chi connectivity index (χ1) is 25.6. The second kappa shape index (κ2) is 13.1. The first-order valence-corrected chi connectivity index (χ1v) is 22.4. The first-order valence-electron chi connectivity index (χ1n) is 17.2. The lowest BCUT2D eigenvalue weighted by Crippen LogP contribution is -2.22. The number of sulfonamides is 2. The largest absolute Gasteiger partial charge is 0.457 e. The Labute approximate surface area is 320 Å². The van der Waals surface area contributed by atoms with Crippen molar-refractivity contribution in [3.05, 3.63) is 125 Å². The molecular weight excluding hydrogens is 768 g/mol. The second-order valence-electron chi connectivity index (χ2n) is 13.9. The summed E-state index contributed by atoms with van der Waals surface area (Å²) in [5.41, 5.74) is 7.35. The van der Waals surface area contributed by atoms with Crippen molar-refractivity contribution in [2.24, 2.45) is 0 Å². The molecule has 0 unspecified atom stereocenters. The van der Waals surface area contributed by atoms with Gasteiger partial charge in [-0.15, -0.1) is 0 Å². The van der Waals surface area contributed by atoms with E-state index in [1.165, 1.54) is 42.9 Å². The molecule has 0 saturated heterocycles. The predicted octanol–water partition coefficient (Wildman–Crippen LogP) is 6.79. The Hall–Kier alpha value is -4.44. The number of ether oxygens (including phenoxy) is 1. The van der Waals surface area contributed by atoms with E-state index in [2.05, 4.69) is 9.80 Å². The molecule has 0 amide bonds. The Balaban J connectivity index is 1.21. The molecule has 3 aliphatic heterocycles. The summed E-state index contributed by atoms with van der Waals surface area (Å²) < 4.78 is 86.3. The molecule has 8 rings (SSSR count). The second-order valence-corrected chi connectivity index (χ2v) is 20.8. The van der Waals surface area contributed by atoms with E-state index in [1.807, 2.05) is 48.5 Å². The van der Waals surface area contributed by atoms with Crippen LogP contribution in [0, 0.1) is 0 Å². The Morgan fingerprint density at radius 2 is 1.06 bits per heavy atom. The van der Waals surface area contributed by atoms with Crippen LogP contribution in [0.25, 0.3) is 0 Å². The number of rotatable bonds is 8. The third kappa shape index (κ3) is 6.05. The van der Waals surface area contributed by atoms with Crippen LogP contribution in [0.2, 0.25) is 0 Å².